The van der Waals surface area contributed by atoms with Gasteiger partial charge in [0.05, 0.1) is 4.47 Å². The van der Waals surface area contributed by atoms with Gasteiger partial charge in [0.15, 0.2) is 0 Å². The molecule has 1 amide bonds. The number of hydrogen-bond acceptors (Lipinski definition) is 5. The first-order valence-corrected chi connectivity index (χ1v) is 6.17. The molecule has 3 N–H and O–H groups in total. The largest absolute Gasteiger partial charge is 0.368 e. The fourth-order valence-corrected chi connectivity index (χ4v) is 1.52. The van der Waals surface area contributed by atoms with Gasteiger partial charge in [0.1, 0.15) is 5.82 Å². The van der Waals surface area contributed by atoms with Crippen LogP contribution in [-0.4, -0.2) is 36.0 Å². The van der Waals surface area contributed by atoms with Crippen LogP contribution in [0.3, 0.4) is 0 Å². The van der Waals surface area contributed by atoms with Crippen LogP contribution >= 0.6 is 15.9 Å². The topological polar surface area (TPSA) is 78.9 Å². The lowest BCUT2D eigenvalue weighted by atomic mass is 10.4. The number of nitrogens with zero attached hydrogens (tertiary/aromatic N) is 2. The fraction of sp³-hybridized carbons (Fsp3) is 0.500. The summed E-state index contributed by atoms with van der Waals surface area (Å²) in [6, 6.07) is 0. The average molecular weight is 302 g/mol. The predicted molar refractivity (Wildman–Crippen MR) is 71.1 cm³/mol. The molecule has 0 unspecified atom stereocenters. The SMILES string of the molecule is CCNC(=O)CCNc1nc(NC)ncc1Br. The third-order valence-corrected chi connectivity index (χ3v) is 2.57. The predicted octanol–water partition coefficient (Wildman–Crippen LogP) is 1.22. The summed E-state index contributed by atoms with van der Waals surface area (Å²) in [5.74, 6) is 1.24. The Morgan fingerprint density at radius 3 is 2.94 bits per heavy atom. The Bertz CT molecular complexity index is 385. The van der Waals surface area contributed by atoms with Crippen molar-refractivity contribution in [3.8, 4) is 0 Å². The zero-order valence-corrected chi connectivity index (χ0v) is 11.5. The van der Waals surface area contributed by atoms with E-state index in [-0.39, 0.29) is 5.91 Å². The second kappa shape index (κ2) is 7.05. The van der Waals surface area contributed by atoms with E-state index in [1.165, 1.54) is 0 Å². The van der Waals surface area contributed by atoms with Gasteiger partial charge in [-0.15, -0.1) is 0 Å². The molecule has 0 fully saturated rings. The van der Waals surface area contributed by atoms with E-state index >= 15 is 0 Å². The first-order chi connectivity index (χ1) is 8.17. The maximum absolute atomic E-state index is 11.2. The summed E-state index contributed by atoms with van der Waals surface area (Å²) in [4.78, 5) is 19.5. The molecule has 0 aliphatic heterocycles. The Labute approximate surface area is 109 Å². The highest BCUT2D eigenvalue weighted by Gasteiger charge is 2.04. The Morgan fingerprint density at radius 2 is 2.29 bits per heavy atom. The maximum atomic E-state index is 11.2. The van der Waals surface area contributed by atoms with Crippen molar-refractivity contribution in [2.24, 2.45) is 0 Å². The van der Waals surface area contributed by atoms with Crippen LogP contribution in [0.5, 0.6) is 0 Å². The number of halogens is 1. The molecule has 94 valence electrons. The summed E-state index contributed by atoms with van der Waals surface area (Å²) in [7, 11) is 1.75. The molecule has 0 aromatic carbocycles. The first kappa shape index (κ1) is 13.7. The molecular weight excluding hydrogens is 286 g/mol. The molecule has 1 heterocycles. The minimum atomic E-state index is 0.0269. The molecule has 0 saturated heterocycles. The highest BCUT2D eigenvalue weighted by molar-refractivity contribution is 9.10. The van der Waals surface area contributed by atoms with Crippen molar-refractivity contribution in [2.45, 2.75) is 13.3 Å². The molecule has 0 atom stereocenters. The van der Waals surface area contributed by atoms with Gasteiger partial charge in [-0.05, 0) is 22.9 Å². The minimum Gasteiger partial charge on any atom is -0.368 e. The zero-order chi connectivity index (χ0) is 12.7. The number of hydrogen-bond donors (Lipinski definition) is 3. The van der Waals surface area contributed by atoms with E-state index in [4.69, 9.17) is 0 Å². The van der Waals surface area contributed by atoms with Crippen LogP contribution in [0, 0.1) is 0 Å². The Morgan fingerprint density at radius 1 is 1.53 bits per heavy atom. The van der Waals surface area contributed by atoms with Crippen molar-refractivity contribution < 1.29 is 4.79 Å². The van der Waals surface area contributed by atoms with Crippen LogP contribution in [0.2, 0.25) is 0 Å². The molecule has 1 rings (SSSR count). The molecule has 7 heteroatoms. The lowest BCUT2D eigenvalue weighted by molar-refractivity contribution is -0.120. The molecule has 6 nitrogen and oxygen atoms in total. The number of amides is 1. The number of nitrogens with one attached hydrogen (secondary N) is 3. The number of carbonyl (C=O) groups is 1. The van der Waals surface area contributed by atoms with Gasteiger partial charge in [-0.1, -0.05) is 0 Å². The second-order valence-electron chi connectivity index (χ2n) is 3.27. The monoisotopic (exact) mass is 301 g/mol. The third-order valence-electron chi connectivity index (χ3n) is 1.99. The van der Waals surface area contributed by atoms with Crippen molar-refractivity contribution in [3.05, 3.63) is 10.7 Å². The Balaban J connectivity index is 2.48. The van der Waals surface area contributed by atoms with Gasteiger partial charge < -0.3 is 16.0 Å². The van der Waals surface area contributed by atoms with Crippen LogP contribution in [-0.2, 0) is 4.79 Å². The van der Waals surface area contributed by atoms with Gasteiger partial charge in [-0.2, -0.15) is 4.98 Å². The fourth-order valence-electron chi connectivity index (χ4n) is 1.19. The van der Waals surface area contributed by atoms with E-state index < -0.39 is 0 Å². The van der Waals surface area contributed by atoms with Crippen LogP contribution in [0.15, 0.2) is 10.7 Å². The quantitative estimate of drug-likeness (QED) is 0.736. The van der Waals surface area contributed by atoms with Gasteiger partial charge in [0, 0.05) is 32.8 Å². The van der Waals surface area contributed by atoms with E-state index in [1.54, 1.807) is 13.2 Å². The molecule has 0 saturated carbocycles. The molecule has 0 radical (unpaired) electrons. The zero-order valence-electron chi connectivity index (χ0n) is 9.88. The van der Waals surface area contributed by atoms with E-state index in [9.17, 15) is 4.79 Å². The van der Waals surface area contributed by atoms with E-state index in [0.717, 1.165) is 4.47 Å². The summed E-state index contributed by atoms with van der Waals surface area (Å²) >= 11 is 3.34. The number of rotatable bonds is 6. The number of aromatic nitrogens is 2. The summed E-state index contributed by atoms with van der Waals surface area (Å²) in [6.07, 6.45) is 2.08. The lowest BCUT2D eigenvalue weighted by Crippen LogP contribution is -2.25. The van der Waals surface area contributed by atoms with Crippen molar-refractivity contribution in [2.75, 3.05) is 30.8 Å². The van der Waals surface area contributed by atoms with Crippen molar-refractivity contribution >= 4 is 33.6 Å². The Hall–Kier alpha value is -1.37. The summed E-state index contributed by atoms with van der Waals surface area (Å²) in [5, 5.41) is 8.66. The van der Waals surface area contributed by atoms with Gasteiger partial charge in [-0.3, -0.25) is 4.79 Å². The van der Waals surface area contributed by atoms with E-state index in [0.29, 0.717) is 31.3 Å². The first-order valence-electron chi connectivity index (χ1n) is 5.38. The Kier molecular flexibility index (Phi) is 5.68. The molecule has 1 aromatic heterocycles. The lowest BCUT2D eigenvalue weighted by Gasteiger charge is -2.08. The van der Waals surface area contributed by atoms with Crippen molar-refractivity contribution in [1.82, 2.24) is 15.3 Å². The van der Waals surface area contributed by atoms with Gasteiger partial charge in [0.2, 0.25) is 11.9 Å². The molecule has 17 heavy (non-hydrogen) atoms. The van der Waals surface area contributed by atoms with Gasteiger partial charge in [-0.25, -0.2) is 4.98 Å². The van der Waals surface area contributed by atoms with Crippen molar-refractivity contribution in [1.29, 1.82) is 0 Å². The minimum absolute atomic E-state index is 0.0269. The van der Waals surface area contributed by atoms with E-state index in [1.807, 2.05) is 6.92 Å². The number of carbonyl (C=O) groups excluding carboxylic acids is 1. The molecule has 0 spiro atoms. The van der Waals surface area contributed by atoms with Gasteiger partial charge >= 0.3 is 0 Å². The second-order valence-corrected chi connectivity index (χ2v) is 4.12. The van der Waals surface area contributed by atoms with Crippen molar-refractivity contribution in [3.63, 3.8) is 0 Å². The standard InChI is InChI=1S/C10H16BrN5O/c1-3-13-8(17)4-5-14-9-7(11)6-15-10(12-2)16-9/h6H,3-5H2,1-2H3,(H,13,17)(H2,12,14,15,16). The molecule has 0 aliphatic rings. The van der Waals surface area contributed by atoms with Crippen LogP contribution in [0.4, 0.5) is 11.8 Å². The van der Waals surface area contributed by atoms with Crippen LogP contribution in [0.25, 0.3) is 0 Å². The van der Waals surface area contributed by atoms with Crippen LogP contribution < -0.4 is 16.0 Å². The van der Waals surface area contributed by atoms with Gasteiger partial charge in [0.25, 0.3) is 0 Å². The smallest absolute Gasteiger partial charge is 0.224 e. The average Bonchev–Trinajstić information content (AvgIpc) is 2.32. The highest BCUT2D eigenvalue weighted by Crippen LogP contribution is 2.19. The summed E-state index contributed by atoms with van der Waals surface area (Å²) < 4.78 is 0.771. The molecule has 0 aliphatic carbocycles. The maximum Gasteiger partial charge on any atom is 0.224 e. The normalized spacial score (nSPS) is 9.82. The summed E-state index contributed by atoms with van der Waals surface area (Å²) in [5.41, 5.74) is 0. The molecule has 1 aromatic rings. The summed E-state index contributed by atoms with van der Waals surface area (Å²) in [6.45, 7) is 3.08. The molecule has 0 bridgehead atoms. The van der Waals surface area contributed by atoms with Crippen LogP contribution in [0.1, 0.15) is 13.3 Å². The molecular formula is C10H16BrN5O. The third kappa shape index (κ3) is 4.56. The van der Waals surface area contributed by atoms with E-state index in [2.05, 4.69) is 41.8 Å². The number of anilines is 2. The highest BCUT2D eigenvalue weighted by atomic mass is 79.9.